The number of piperazine rings is 1. The molecule has 2 aromatic rings. The van der Waals surface area contributed by atoms with Crippen LogP contribution in [0.1, 0.15) is 22.8 Å². The third-order valence-corrected chi connectivity index (χ3v) is 5.81. The number of pyridine rings is 1. The van der Waals surface area contributed by atoms with Crippen molar-refractivity contribution in [1.29, 1.82) is 0 Å². The van der Waals surface area contributed by atoms with Crippen molar-refractivity contribution in [3.05, 3.63) is 53.7 Å². The van der Waals surface area contributed by atoms with Crippen LogP contribution in [0.2, 0.25) is 0 Å². The zero-order valence-electron chi connectivity index (χ0n) is 17.9. The quantitative estimate of drug-likeness (QED) is 0.743. The van der Waals surface area contributed by atoms with Gasteiger partial charge < -0.3 is 24.8 Å². The number of amides is 2. The highest BCUT2D eigenvalue weighted by Crippen LogP contribution is 2.20. The minimum atomic E-state index is -0.0524. The molecule has 0 bridgehead atoms. The lowest BCUT2D eigenvalue weighted by atomic mass is 10.1. The zero-order valence-corrected chi connectivity index (χ0v) is 17.9. The lowest BCUT2D eigenvalue weighted by Gasteiger charge is -2.36. The van der Waals surface area contributed by atoms with Crippen LogP contribution in [0.3, 0.4) is 0 Å². The Kier molecular flexibility index (Phi) is 6.66. The topological polar surface area (TPSA) is 78.0 Å². The number of morpholine rings is 1. The van der Waals surface area contributed by atoms with E-state index in [0.29, 0.717) is 38.4 Å². The number of benzene rings is 1. The van der Waals surface area contributed by atoms with Crippen LogP contribution < -0.4 is 15.1 Å². The molecule has 0 radical (unpaired) electrons. The number of hydrogen-bond acceptors (Lipinski definition) is 6. The van der Waals surface area contributed by atoms with E-state index in [2.05, 4.69) is 20.1 Å². The van der Waals surface area contributed by atoms with Crippen LogP contribution in [0, 0.1) is 0 Å². The van der Waals surface area contributed by atoms with Crippen molar-refractivity contribution in [1.82, 2.24) is 15.2 Å². The molecule has 0 spiro atoms. The highest BCUT2D eigenvalue weighted by Gasteiger charge is 2.22. The molecule has 2 saturated heterocycles. The van der Waals surface area contributed by atoms with Crippen LogP contribution in [-0.2, 0) is 11.3 Å². The Morgan fingerprint density at radius 1 is 0.968 bits per heavy atom. The average molecular weight is 424 g/mol. The fourth-order valence-corrected chi connectivity index (χ4v) is 3.99. The first-order valence-electron chi connectivity index (χ1n) is 10.8. The Balaban J connectivity index is 1.29. The number of carbonyl (C=O) groups excluding carboxylic acids is 2. The lowest BCUT2D eigenvalue weighted by Crippen LogP contribution is -2.51. The Morgan fingerprint density at radius 2 is 1.68 bits per heavy atom. The number of nitrogens with one attached hydrogen (secondary N) is 1. The summed E-state index contributed by atoms with van der Waals surface area (Å²) in [6.45, 7) is 7.88. The summed E-state index contributed by atoms with van der Waals surface area (Å²) in [5.41, 5.74) is 2.81. The SMILES string of the molecule is CC(=O)c1ccc(N2CCN(C(=O)NCc3cccnc3N3CCOCC3)CC2)cc1. The molecule has 1 aromatic heterocycles. The molecule has 164 valence electrons. The Hall–Kier alpha value is -3.13. The molecule has 2 fully saturated rings. The van der Waals surface area contributed by atoms with E-state index in [1.165, 1.54) is 0 Å². The standard InChI is InChI=1S/C23H29N5O3/c1-18(29)19-4-6-21(7-5-19)26-9-11-28(12-10-26)23(30)25-17-20-3-2-8-24-22(20)27-13-15-31-16-14-27/h2-8H,9-17H2,1H3,(H,25,30). The first-order chi connectivity index (χ1) is 15.1. The summed E-state index contributed by atoms with van der Waals surface area (Å²) in [6, 6.07) is 11.5. The van der Waals surface area contributed by atoms with Gasteiger partial charge in [-0.3, -0.25) is 4.79 Å². The summed E-state index contributed by atoms with van der Waals surface area (Å²) in [4.78, 5) is 35.0. The van der Waals surface area contributed by atoms with Gasteiger partial charge in [-0.1, -0.05) is 6.07 Å². The van der Waals surface area contributed by atoms with E-state index in [0.717, 1.165) is 43.2 Å². The molecule has 0 aliphatic carbocycles. The van der Waals surface area contributed by atoms with Crippen LogP contribution in [-0.4, -0.2) is 74.2 Å². The number of nitrogens with zero attached hydrogens (tertiary/aromatic N) is 4. The van der Waals surface area contributed by atoms with E-state index in [-0.39, 0.29) is 11.8 Å². The summed E-state index contributed by atoms with van der Waals surface area (Å²) in [7, 11) is 0. The molecule has 8 nitrogen and oxygen atoms in total. The normalized spacial score (nSPS) is 16.9. The van der Waals surface area contributed by atoms with Crippen LogP contribution in [0.15, 0.2) is 42.6 Å². The van der Waals surface area contributed by atoms with Crippen molar-refractivity contribution < 1.29 is 14.3 Å². The fraction of sp³-hybridized carbons (Fsp3) is 0.435. The summed E-state index contributed by atoms with van der Waals surface area (Å²) in [6.07, 6.45) is 1.79. The average Bonchev–Trinajstić information content (AvgIpc) is 2.83. The lowest BCUT2D eigenvalue weighted by molar-refractivity contribution is 0.101. The summed E-state index contributed by atoms with van der Waals surface area (Å²) >= 11 is 0. The van der Waals surface area contributed by atoms with Crippen molar-refractivity contribution >= 4 is 23.3 Å². The molecule has 4 rings (SSSR count). The maximum Gasteiger partial charge on any atom is 0.317 e. The van der Waals surface area contributed by atoms with E-state index in [4.69, 9.17) is 4.74 Å². The Labute approximate surface area is 182 Å². The summed E-state index contributed by atoms with van der Waals surface area (Å²) < 4.78 is 5.43. The number of ether oxygens (including phenoxy) is 1. The molecular weight excluding hydrogens is 394 g/mol. The van der Waals surface area contributed by atoms with Crippen molar-refractivity contribution in [3.8, 4) is 0 Å². The maximum atomic E-state index is 12.7. The molecule has 2 aliphatic heterocycles. The Bertz CT molecular complexity index is 904. The summed E-state index contributed by atoms with van der Waals surface area (Å²) in [5, 5.41) is 3.06. The third-order valence-electron chi connectivity index (χ3n) is 5.81. The minimum Gasteiger partial charge on any atom is -0.378 e. The van der Waals surface area contributed by atoms with Gasteiger partial charge in [0.25, 0.3) is 0 Å². The van der Waals surface area contributed by atoms with Crippen molar-refractivity contribution in [2.45, 2.75) is 13.5 Å². The van der Waals surface area contributed by atoms with E-state index < -0.39 is 0 Å². The molecule has 1 N–H and O–H groups in total. The van der Waals surface area contributed by atoms with Gasteiger partial charge in [0.2, 0.25) is 0 Å². The number of rotatable bonds is 5. The Morgan fingerprint density at radius 3 is 2.35 bits per heavy atom. The van der Waals surface area contributed by atoms with Crippen molar-refractivity contribution in [2.24, 2.45) is 0 Å². The van der Waals surface area contributed by atoms with Gasteiger partial charge >= 0.3 is 6.03 Å². The predicted octanol–water partition coefficient (Wildman–Crippen LogP) is 2.15. The monoisotopic (exact) mass is 423 g/mol. The second-order valence-corrected chi connectivity index (χ2v) is 7.82. The molecule has 3 heterocycles. The van der Waals surface area contributed by atoms with Gasteiger partial charge in [-0.05, 0) is 37.3 Å². The molecule has 2 amide bonds. The number of Topliss-reactive ketones (excluding diaryl/α,β-unsaturated/α-hetero) is 1. The minimum absolute atomic E-state index is 0.0524. The van der Waals surface area contributed by atoms with Gasteiger partial charge in [0.05, 0.1) is 13.2 Å². The number of urea groups is 1. The summed E-state index contributed by atoms with van der Waals surface area (Å²) in [5.74, 6) is 0.989. The van der Waals surface area contributed by atoms with Gasteiger partial charge in [-0.25, -0.2) is 9.78 Å². The molecule has 0 unspecified atom stereocenters. The molecule has 2 aliphatic rings. The first-order valence-corrected chi connectivity index (χ1v) is 10.8. The third kappa shape index (κ3) is 5.14. The number of carbonyl (C=O) groups is 2. The van der Waals surface area contributed by atoms with Gasteiger partial charge in [0.1, 0.15) is 5.82 Å². The van der Waals surface area contributed by atoms with E-state index >= 15 is 0 Å². The highest BCUT2D eigenvalue weighted by molar-refractivity contribution is 5.94. The van der Waals surface area contributed by atoms with Crippen molar-refractivity contribution in [3.63, 3.8) is 0 Å². The molecular formula is C23H29N5O3. The van der Waals surface area contributed by atoms with Crippen molar-refractivity contribution in [2.75, 3.05) is 62.3 Å². The molecule has 0 saturated carbocycles. The molecule has 8 heteroatoms. The smallest absolute Gasteiger partial charge is 0.317 e. The van der Waals surface area contributed by atoms with Crippen LogP contribution in [0.4, 0.5) is 16.3 Å². The second kappa shape index (κ2) is 9.78. The largest absolute Gasteiger partial charge is 0.378 e. The van der Waals surface area contributed by atoms with Gasteiger partial charge in [0.15, 0.2) is 5.78 Å². The zero-order chi connectivity index (χ0) is 21.6. The highest BCUT2D eigenvalue weighted by atomic mass is 16.5. The first kappa shape index (κ1) is 21.1. The van der Waals surface area contributed by atoms with E-state index in [1.807, 2.05) is 41.3 Å². The fourth-order valence-electron chi connectivity index (χ4n) is 3.99. The second-order valence-electron chi connectivity index (χ2n) is 7.82. The van der Waals surface area contributed by atoms with Gasteiger partial charge in [0, 0.05) is 68.8 Å². The van der Waals surface area contributed by atoms with E-state index in [9.17, 15) is 9.59 Å². The molecule has 0 atom stereocenters. The maximum absolute atomic E-state index is 12.7. The van der Waals surface area contributed by atoms with Gasteiger partial charge in [-0.2, -0.15) is 0 Å². The van der Waals surface area contributed by atoms with Crippen LogP contribution in [0.25, 0.3) is 0 Å². The molecule has 1 aromatic carbocycles. The van der Waals surface area contributed by atoms with Crippen LogP contribution in [0.5, 0.6) is 0 Å². The van der Waals surface area contributed by atoms with Gasteiger partial charge in [-0.15, -0.1) is 0 Å². The van der Waals surface area contributed by atoms with Crippen LogP contribution >= 0.6 is 0 Å². The number of anilines is 2. The number of hydrogen-bond donors (Lipinski definition) is 1. The number of ketones is 1. The molecule has 31 heavy (non-hydrogen) atoms. The van der Waals surface area contributed by atoms with E-state index in [1.54, 1.807) is 13.1 Å². The predicted molar refractivity (Wildman–Crippen MR) is 120 cm³/mol. The number of aromatic nitrogens is 1.